The van der Waals surface area contributed by atoms with Gasteiger partial charge in [0.2, 0.25) is 5.91 Å². The van der Waals surface area contributed by atoms with Gasteiger partial charge in [0.1, 0.15) is 0 Å². The predicted molar refractivity (Wildman–Crippen MR) is 103 cm³/mol. The second-order valence-electron chi connectivity index (χ2n) is 5.50. The molecule has 2 aromatic rings. The van der Waals surface area contributed by atoms with Crippen LogP contribution in [-0.4, -0.2) is 24.7 Å². The fourth-order valence-corrected chi connectivity index (χ4v) is 3.60. The average Bonchev–Trinajstić information content (AvgIpc) is 2.61. The van der Waals surface area contributed by atoms with Crippen molar-refractivity contribution in [3.8, 4) is 0 Å². The summed E-state index contributed by atoms with van der Waals surface area (Å²) in [7, 11) is 0. The molecule has 2 rings (SSSR count). The molecule has 3 N–H and O–H groups in total. The van der Waals surface area contributed by atoms with E-state index in [-0.39, 0.29) is 11.2 Å². The molecule has 24 heavy (non-hydrogen) atoms. The average molecular weight is 363 g/mol. The Balaban J connectivity index is 1.99. The summed E-state index contributed by atoms with van der Waals surface area (Å²) in [5.74, 6) is 0.483. The molecule has 0 aliphatic heterocycles. The van der Waals surface area contributed by atoms with Crippen LogP contribution in [0.2, 0.25) is 5.02 Å². The quantitative estimate of drug-likeness (QED) is 0.662. The number of halogens is 1. The van der Waals surface area contributed by atoms with Gasteiger partial charge in [-0.2, -0.15) is 0 Å². The third kappa shape index (κ3) is 6.19. The van der Waals surface area contributed by atoms with E-state index in [1.165, 1.54) is 5.56 Å². The predicted octanol–water partition coefficient (Wildman–Crippen LogP) is 4.02. The molecule has 3 nitrogen and oxygen atoms in total. The molecule has 1 atom stereocenters. The highest BCUT2D eigenvalue weighted by molar-refractivity contribution is 8.00. The van der Waals surface area contributed by atoms with Crippen LogP contribution in [0.5, 0.6) is 0 Å². The molecule has 0 radical (unpaired) electrons. The lowest BCUT2D eigenvalue weighted by Crippen LogP contribution is -2.26. The lowest BCUT2D eigenvalue weighted by molar-refractivity contribution is -0.118. The van der Waals surface area contributed by atoms with Crippen molar-refractivity contribution in [1.82, 2.24) is 5.32 Å². The number of unbranched alkanes of at least 4 members (excludes halogenated alkanes) is 1. The highest BCUT2D eigenvalue weighted by Gasteiger charge is 2.16. The van der Waals surface area contributed by atoms with Crippen molar-refractivity contribution in [1.29, 1.82) is 0 Å². The van der Waals surface area contributed by atoms with Gasteiger partial charge in [-0.15, -0.1) is 11.8 Å². The normalized spacial score (nSPS) is 11.9. The van der Waals surface area contributed by atoms with E-state index in [0.29, 0.717) is 23.9 Å². The van der Waals surface area contributed by atoms with Crippen LogP contribution in [0, 0.1) is 0 Å². The fourth-order valence-electron chi connectivity index (χ4n) is 2.36. The maximum absolute atomic E-state index is 12.0. The van der Waals surface area contributed by atoms with Crippen molar-refractivity contribution >= 4 is 29.3 Å². The van der Waals surface area contributed by atoms with E-state index in [0.717, 1.165) is 18.4 Å². The van der Waals surface area contributed by atoms with E-state index in [1.807, 2.05) is 42.5 Å². The second kappa shape index (κ2) is 10.4. The van der Waals surface area contributed by atoms with Crippen molar-refractivity contribution < 1.29 is 4.79 Å². The maximum Gasteiger partial charge on any atom is 0.230 e. The molecular weight excluding hydrogens is 340 g/mol. The van der Waals surface area contributed by atoms with E-state index >= 15 is 0 Å². The summed E-state index contributed by atoms with van der Waals surface area (Å²) < 4.78 is 0. The van der Waals surface area contributed by atoms with E-state index in [9.17, 15) is 4.79 Å². The van der Waals surface area contributed by atoms with Gasteiger partial charge in [-0.25, -0.2) is 0 Å². The standard InChI is InChI=1S/C19H23ClN2OS/c20-17-10-8-16(9-11-17)19(15-6-2-1-3-7-15)24-14-18(23)22-13-5-4-12-21/h1-3,6-11,19H,4-5,12-14,21H2,(H,22,23). The maximum atomic E-state index is 12.0. The molecule has 5 heteroatoms. The van der Waals surface area contributed by atoms with Crippen molar-refractivity contribution in [2.24, 2.45) is 5.73 Å². The van der Waals surface area contributed by atoms with Crippen molar-refractivity contribution in [2.45, 2.75) is 18.1 Å². The summed E-state index contributed by atoms with van der Waals surface area (Å²) in [4.78, 5) is 12.0. The second-order valence-corrected chi connectivity index (χ2v) is 7.03. The largest absolute Gasteiger partial charge is 0.355 e. The molecule has 128 valence electrons. The molecule has 1 unspecified atom stereocenters. The molecule has 1 amide bonds. The first-order chi connectivity index (χ1) is 11.7. The van der Waals surface area contributed by atoms with Crippen LogP contribution in [0.25, 0.3) is 0 Å². The SMILES string of the molecule is NCCCCNC(=O)CSC(c1ccccc1)c1ccc(Cl)cc1. The summed E-state index contributed by atoms with van der Waals surface area (Å²) in [6, 6.07) is 18.0. The van der Waals surface area contributed by atoms with Crippen LogP contribution in [0.15, 0.2) is 54.6 Å². The van der Waals surface area contributed by atoms with Gasteiger partial charge in [0.25, 0.3) is 0 Å². The molecule has 0 aromatic heterocycles. The minimum absolute atomic E-state index is 0.0620. The summed E-state index contributed by atoms with van der Waals surface area (Å²) in [6.07, 6.45) is 1.86. The zero-order chi connectivity index (χ0) is 17.2. The van der Waals surface area contributed by atoms with Gasteiger partial charge in [0.05, 0.1) is 11.0 Å². The third-order valence-electron chi connectivity index (χ3n) is 3.61. The number of hydrogen-bond donors (Lipinski definition) is 2. The van der Waals surface area contributed by atoms with E-state index in [2.05, 4.69) is 17.4 Å². The Bertz CT molecular complexity index is 619. The molecule has 0 saturated heterocycles. The molecule has 0 aliphatic rings. The number of amides is 1. The number of nitrogens with one attached hydrogen (secondary N) is 1. The zero-order valence-corrected chi connectivity index (χ0v) is 15.2. The Morgan fingerprint density at radius 1 is 1.04 bits per heavy atom. The summed E-state index contributed by atoms with van der Waals surface area (Å²) in [6.45, 7) is 1.35. The molecule has 0 saturated carbocycles. The Kier molecular flexibility index (Phi) is 8.16. The molecule has 0 bridgehead atoms. The van der Waals surface area contributed by atoms with Crippen molar-refractivity contribution in [2.75, 3.05) is 18.8 Å². The van der Waals surface area contributed by atoms with Crippen molar-refractivity contribution in [3.05, 3.63) is 70.7 Å². The Hall–Kier alpha value is -1.49. The number of benzene rings is 2. The molecule has 0 heterocycles. The Morgan fingerprint density at radius 3 is 2.38 bits per heavy atom. The monoisotopic (exact) mass is 362 g/mol. The topological polar surface area (TPSA) is 55.1 Å². The zero-order valence-electron chi connectivity index (χ0n) is 13.6. The van der Waals surface area contributed by atoms with Gasteiger partial charge in [0.15, 0.2) is 0 Å². The fraction of sp³-hybridized carbons (Fsp3) is 0.316. The molecular formula is C19H23ClN2OS. The lowest BCUT2D eigenvalue weighted by Gasteiger charge is -2.18. The van der Waals surface area contributed by atoms with Gasteiger partial charge >= 0.3 is 0 Å². The third-order valence-corrected chi connectivity index (χ3v) is 5.17. The Labute approximate surface area is 153 Å². The number of carbonyl (C=O) groups is 1. The lowest BCUT2D eigenvalue weighted by atomic mass is 10.0. The highest BCUT2D eigenvalue weighted by atomic mass is 35.5. The van der Waals surface area contributed by atoms with Crippen LogP contribution in [0.1, 0.15) is 29.2 Å². The van der Waals surface area contributed by atoms with Crippen LogP contribution in [0.3, 0.4) is 0 Å². The molecule has 2 aromatic carbocycles. The summed E-state index contributed by atoms with van der Waals surface area (Å²) in [5, 5.41) is 3.77. The Morgan fingerprint density at radius 2 is 1.71 bits per heavy atom. The van der Waals surface area contributed by atoms with E-state index in [4.69, 9.17) is 17.3 Å². The number of thioether (sulfide) groups is 1. The van der Waals surface area contributed by atoms with Crippen LogP contribution < -0.4 is 11.1 Å². The minimum Gasteiger partial charge on any atom is -0.355 e. The number of rotatable bonds is 9. The first kappa shape index (κ1) is 18.8. The smallest absolute Gasteiger partial charge is 0.230 e. The van der Waals surface area contributed by atoms with Crippen LogP contribution in [-0.2, 0) is 4.79 Å². The van der Waals surface area contributed by atoms with Gasteiger partial charge < -0.3 is 11.1 Å². The number of hydrogen-bond acceptors (Lipinski definition) is 3. The number of nitrogens with two attached hydrogens (primary N) is 1. The summed E-state index contributed by atoms with van der Waals surface area (Å²) in [5.41, 5.74) is 7.78. The van der Waals surface area contributed by atoms with Crippen LogP contribution in [0.4, 0.5) is 0 Å². The van der Waals surface area contributed by atoms with Crippen molar-refractivity contribution in [3.63, 3.8) is 0 Å². The first-order valence-corrected chi connectivity index (χ1v) is 9.52. The highest BCUT2D eigenvalue weighted by Crippen LogP contribution is 2.35. The van der Waals surface area contributed by atoms with Gasteiger partial charge in [-0.1, -0.05) is 54.1 Å². The van der Waals surface area contributed by atoms with Crippen LogP contribution >= 0.6 is 23.4 Å². The summed E-state index contributed by atoms with van der Waals surface area (Å²) >= 11 is 7.62. The first-order valence-electron chi connectivity index (χ1n) is 8.09. The van der Waals surface area contributed by atoms with E-state index in [1.54, 1.807) is 11.8 Å². The van der Waals surface area contributed by atoms with Gasteiger partial charge in [-0.3, -0.25) is 4.79 Å². The molecule has 0 aliphatic carbocycles. The number of carbonyl (C=O) groups excluding carboxylic acids is 1. The van der Waals surface area contributed by atoms with Gasteiger partial charge in [0, 0.05) is 11.6 Å². The van der Waals surface area contributed by atoms with E-state index < -0.39 is 0 Å². The van der Waals surface area contributed by atoms with Gasteiger partial charge in [-0.05, 0) is 42.6 Å². The molecule has 0 fully saturated rings. The minimum atomic E-state index is 0.0620. The molecule has 0 spiro atoms.